The van der Waals surface area contributed by atoms with Crippen molar-refractivity contribution in [2.24, 2.45) is 11.3 Å². The third-order valence-electron chi connectivity index (χ3n) is 3.14. The Kier molecular flexibility index (Phi) is 6.67. The zero-order chi connectivity index (χ0) is 12.9. The van der Waals surface area contributed by atoms with Gasteiger partial charge in [0.2, 0.25) is 0 Å². The van der Waals surface area contributed by atoms with Crippen LogP contribution in [-0.2, 0) is 6.42 Å². The van der Waals surface area contributed by atoms with Crippen LogP contribution in [0.5, 0.6) is 0 Å². The average Bonchev–Trinajstić information content (AvgIpc) is 2.70. The fraction of sp³-hybridized carbons (Fsp3) is 0.769. The Labute approximate surface area is 126 Å². The average molecular weight is 383 g/mol. The Morgan fingerprint density at radius 3 is 2.41 bits per heavy atom. The number of hydrogen-bond acceptors (Lipinski definition) is 2. The third-order valence-corrected chi connectivity index (χ3v) is 6.51. The lowest BCUT2D eigenvalue weighted by Crippen LogP contribution is -2.27. The van der Waals surface area contributed by atoms with Crippen molar-refractivity contribution in [1.29, 1.82) is 0 Å². The van der Waals surface area contributed by atoms with E-state index >= 15 is 0 Å². The molecule has 0 aliphatic rings. The molecule has 0 bridgehead atoms. The van der Waals surface area contributed by atoms with E-state index in [4.69, 9.17) is 0 Å². The predicted octanol–water partition coefficient (Wildman–Crippen LogP) is 5.21. The molecule has 0 unspecified atom stereocenters. The van der Waals surface area contributed by atoms with Crippen molar-refractivity contribution in [3.8, 4) is 0 Å². The SMILES string of the molecule is Cc1ncsc1CCC(CBr)(CBr)CC(C)C. The molecule has 0 fully saturated rings. The number of aromatic nitrogens is 1. The van der Waals surface area contributed by atoms with Crippen molar-refractivity contribution in [1.82, 2.24) is 4.98 Å². The van der Waals surface area contributed by atoms with Crippen LogP contribution >= 0.6 is 43.2 Å². The first-order chi connectivity index (χ1) is 8.03. The standard InChI is InChI=1S/C13H21Br2NS/c1-10(2)6-13(7-14,8-15)5-4-12-11(3)16-9-17-12/h9-10H,4-8H2,1-3H3. The van der Waals surface area contributed by atoms with Crippen LogP contribution in [0.25, 0.3) is 0 Å². The minimum Gasteiger partial charge on any atom is -0.250 e. The van der Waals surface area contributed by atoms with E-state index in [9.17, 15) is 0 Å². The molecule has 98 valence electrons. The summed E-state index contributed by atoms with van der Waals surface area (Å²) in [6.45, 7) is 6.72. The van der Waals surface area contributed by atoms with Gasteiger partial charge >= 0.3 is 0 Å². The lowest BCUT2D eigenvalue weighted by molar-refractivity contribution is 0.285. The van der Waals surface area contributed by atoms with Gasteiger partial charge in [0.25, 0.3) is 0 Å². The number of nitrogens with zero attached hydrogens (tertiary/aromatic N) is 1. The summed E-state index contributed by atoms with van der Waals surface area (Å²) < 4.78 is 0. The van der Waals surface area contributed by atoms with Crippen LogP contribution in [0.4, 0.5) is 0 Å². The molecule has 17 heavy (non-hydrogen) atoms. The van der Waals surface area contributed by atoms with Gasteiger partial charge in [-0.05, 0) is 37.5 Å². The summed E-state index contributed by atoms with van der Waals surface area (Å²) in [6.07, 6.45) is 3.65. The summed E-state index contributed by atoms with van der Waals surface area (Å²) in [5.41, 5.74) is 3.54. The summed E-state index contributed by atoms with van der Waals surface area (Å²) in [5.74, 6) is 0.743. The Morgan fingerprint density at radius 2 is 2.00 bits per heavy atom. The first-order valence-electron chi connectivity index (χ1n) is 6.04. The van der Waals surface area contributed by atoms with Crippen molar-refractivity contribution in [3.63, 3.8) is 0 Å². The Hall–Kier alpha value is 0.590. The molecule has 0 aliphatic carbocycles. The molecule has 0 saturated heterocycles. The minimum atomic E-state index is 0.380. The van der Waals surface area contributed by atoms with Crippen LogP contribution < -0.4 is 0 Å². The Balaban J connectivity index is 2.64. The van der Waals surface area contributed by atoms with Crippen LogP contribution in [-0.4, -0.2) is 15.6 Å². The number of thiazole rings is 1. The second-order valence-electron chi connectivity index (χ2n) is 5.23. The molecular formula is C13H21Br2NS. The van der Waals surface area contributed by atoms with Gasteiger partial charge in [-0.3, -0.25) is 0 Å². The van der Waals surface area contributed by atoms with E-state index in [-0.39, 0.29) is 0 Å². The van der Waals surface area contributed by atoms with E-state index in [1.165, 1.54) is 23.4 Å². The van der Waals surface area contributed by atoms with E-state index in [2.05, 4.69) is 57.6 Å². The summed E-state index contributed by atoms with van der Waals surface area (Å²) in [4.78, 5) is 5.77. The summed E-state index contributed by atoms with van der Waals surface area (Å²) in [5, 5.41) is 2.14. The maximum absolute atomic E-state index is 4.32. The van der Waals surface area contributed by atoms with Gasteiger partial charge < -0.3 is 0 Å². The van der Waals surface area contributed by atoms with Crippen molar-refractivity contribution in [2.45, 2.75) is 40.0 Å². The van der Waals surface area contributed by atoms with Crippen LogP contribution in [0.1, 0.15) is 37.3 Å². The molecule has 4 heteroatoms. The van der Waals surface area contributed by atoms with E-state index in [0.29, 0.717) is 5.41 Å². The van der Waals surface area contributed by atoms with Gasteiger partial charge in [0.05, 0.1) is 11.2 Å². The lowest BCUT2D eigenvalue weighted by atomic mass is 9.80. The lowest BCUT2D eigenvalue weighted by Gasteiger charge is -2.31. The van der Waals surface area contributed by atoms with Gasteiger partial charge in [-0.1, -0.05) is 45.7 Å². The molecule has 0 N–H and O–H groups in total. The maximum Gasteiger partial charge on any atom is 0.0797 e. The normalized spacial score (nSPS) is 12.4. The smallest absolute Gasteiger partial charge is 0.0797 e. The van der Waals surface area contributed by atoms with E-state index in [1.807, 2.05) is 5.51 Å². The summed E-state index contributed by atoms with van der Waals surface area (Å²) in [7, 11) is 0. The van der Waals surface area contributed by atoms with E-state index < -0.39 is 0 Å². The van der Waals surface area contributed by atoms with Gasteiger partial charge in [-0.25, -0.2) is 4.98 Å². The zero-order valence-corrected chi connectivity index (χ0v) is 14.8. The highest BCUT2D eigenvalue weighted by Gasteiger charge is 2.28. The monoisotopic (exact) mass is 381 g/mol. The number of aryl methyl sites for hydroxylation is 2. The van der Waals surface area contributed by atoms with Crippen molar-refractivity contribution >= 4 is 43.2 Å². The van der Waals surface area contributed by atoms with Crippen molar-refractivity contribution in [2.75, 3.05) is 10.7 Å². The highest BCUT2D eigenvalue weighted by molar-refractivity contribution is 9.09. The molecule has 1 rings (SSSR count). The molecule has 0 radical (unpaired) electrons. The number of hydrogen-bond donors (Lipinski definition) is 0. The van der Waals surface area contributed by atoms with Crippen LogP contribution in [0.3, 0.4) is 0 Å². The van der Waals surface area contributed by atoms with Crippen molar-refractivity contribution < 1.29 is 0 Å². The highest BCUT2D eigenvalue weighted by Crippen LogP contribution is 2.36. The van der Waals surface area contributed by atoms with Crippen LogP contribution in [0.15, 0.2) is 5.51 Å². The van der Waals surface area contributed by atoms with Crippen LogP contribution in [0, 0.1) is 18.3 Å². The fourth-order valence-electron chi connectivity index (χ4n) is 2.19. The van der Waals surface area contributed by atoms with Gasteiger partial charge in [0.15, 0.2) is 0 Å². The molecule has 0 aliphatic heterocycles. The second-order valence-corrected chi connectivity index (χ2v) is 7.29. The largest absolute Gasteiger partial charge is 0.250 e. The third kappa shape index (κ3) is 4.64. The van der Waals surface area contributed by atoms with E-state index in [0.717, 1.165) is 23.0 Å². The quantitative estimate of drug-likeness (QED) is 0.590. The van der Waals surface area contributed by atoms with Crippen LogP contribution in [0.2, 0.25) is 0 Å². The maximum atomic E-state index is 4.32. The summed E-state index contributed by atoms with van der Waals surface area (Å²) >= 11 is 9.19. The van der Waals surface area contributed by atoms with Crippen molar-refractivity contribution in [3.05, 3.63) is 16.1 Å². The predicted molar refractivity (Wildman–Crippen MR) is 84.6 cm³/mol. The number of alkyl halides is 2. The van der Waals surface area contributed by atoms with Gasteiger partial charge in [-0.15, -0.1) is 11.3 Å². The van der Waals surface area contributed by atoms with Gasteiger partial charge in [0.1, 0.15) is 0 Å². The molecule has 0 amide bonds. The molecule has 1 heterocycles. The first-order valence-corrected chi connectivity index (χ1v) is 9.16. The Morgan fingerprint density at radius 1 is 1.35 bits per heavy atom. The molecule has 0 atom stereocenters. The van der Waals surface area contributed by atoms with Gasteiger partial charge in [-0.2, -0.15) is 0 Å². The molecule has 0 saturated carbocycles. The molecular weight excluding hydrogens is 362 g/mol. The molecule has 1 aromatic heterocycles. The minimum absolute atomic E-state index is 0.380. The highest BCUT2D eigenvalue weighted by atomic mass is 79.9. The first kappa shape index (κ1) is 15.6. The Bertz CT molecular complexity index is 332. The molecule has 1 nitrogen and oxygen atoms in total. The topological polar surface area (TPSA) is 12.9 Å². The van der Waals surface area contributed by atoms with E-state index in [1.54, 1.807) is 11.3 Å². The second kappa shape index (κ2) is 7.25. The molecule has 0 aromatic carbocycles. The zero-order valence-electron chi connectivity index (χ0n) is 10.8. The molecule has 1 aromatic rings. The summed E-state index contributed by atoms with van der Waals surface area (Å²) in [6, 6.07) is 0. The van der Waals surface area contributed by atoms with Gasteiger partial charge in [0, 0.05) is 15.5 Å². The number of rotatable bonds is 7. The molecule has 0 spiro atoms. The fourth-order valence-corrected chi connectivity index (χ4v) is 4.92. The number of halogens is 2.